The van der Waals surface area contributed by atoms with E-state index in [4.69, 9.17) is 14.8 Å². The number of benzene rings is 4. The zero-order valence-corrected chi connectivity index (χ0v) is 30.9. The fraction of sp³-hybridized carbons (Fsp3) is 0.289. The van der Waals surface area contributed by atoms with E-state index in [1.54, 1.807) is 0 Å². The second-order valence-corrected chi connectivity index (χ2v) is 14.5. The van der Waals surface area contributed by atoms with Gasteiger partial charge in [-0.15, -0.1) is 0 Å². The average molecular weight is 661 g/mol. The number of fused-ring (bicyclic) bond motifs is 3. The summed E-state index contributed by atoms with van der Waals surface area (Å²) >= 11 is 0. The fourth-order valence-corrected chi connectivity index (χ4v) is 7.42. The number of para-hydroxylation sites is 1. The van der Waals surface area contributed by atoms with Gasteiger partial charge in [-0.1, -0.05) is 84.9 Å². The van der Waals surface area contributed by atoms with E-state index in [1.807, 2.05) is 6.20 Å². The van der Waals surface area contributed by atoms with Gasteiger partial charge in [0.15, 0.2) is 0 Å². The van der Waals surface area contributed by atoms with Gasteiger partial charge in [0.05, 0.1) is 22.4 Å². The van der Waals surface area contributed by atoms with E-state index >= 15 is 0 Å². The Morgan fingerprint density at radius 3 is 2.08 bits per heavy atom. The average Bonchev–Trinajstić information content (AvgIpc) is 3.59. The Bertz CT molecular complexity index is 2330. The first-order valence-corrected chi connectivity index (χ1v) is 18.1. The molecule has 3 heterocycles. The highest BCUT2D eigenvalue weighted by Crippen LogP contribution is 2.41. The first-order chi connectivity index (χ1) is 24.0. The lowest BCUT2D eigenvalue weighted by atomic mass is 9.84. The van der Waals surface area contributed by atoms with Crippen molar-refractivity contribution in [2.75, 3.05) is 0 Å². The molecule has 7 rings (SSSR count). The van der Waals surface area contributed by atoms with Crippen LogP contribution in [0.25, 0.3) is 44.4 Å². The van der Waals surface area contributed by atoms with Crippen molar-refractivity contribution in [1.82, 2.24) is 19.3 Å². The Hall–Kier alpha value is -5.16. The molecule has 0 radical (unpaired) electrons. The lowest BCUT2D eigenvalue weighted by Gasteiger charge is -2.20. The molecule has 0 saturated heterocycles. The first kappa shape index (κ1) is 33.3. The maximum Gasteiger partial charge on any atom is 0.137 e. The summed E-state index contributed by atoms with van der Waals surface area (Å²) in [5.41, 5.74) is 13.1. The van der Waals surface area contributed by atoms with Crippen LogP contribution in [0.2, 0.25) is 0 Å². The van der Waals surface area contributed by atoms with Gasteiger partial charge in [0.2, 0.25) is 0 Å². The Morgan fingerprint density at radius 2 is 1.38 bits per heavy atom. The van der Waals surface area contributed by atoms with Crippen LogP contribution in [0, 0.1) is 13.8 Å². The minimum absolute atomic E-state index is 0.310. The highest BCUT2D eigenvalue weighted by Gasteiger charge is 2.23. The third-order valence-corrected chi connectivity index (χ3v) is 10.1. The van der Waals surface area contributed by atoms with Crippen molar-refractivity contribution in [3.05, 3.63) is 131 Å². The smallest absolute Gasteiger partial charge is 0.137 e. The van der Waals surface area contributed by atoms with Gasteiger partial charge in [-0.25, -0.2) is 9.67 Å². The predicted molar refractivity (Wildman–Crippen MR) is 209 cm³/mol. The molecule has 0 atom stereocenters. The first-order valence-electron chi connectivity index (χ1n) is 18.1. The van der Waals surface area contributed by atoms with Crippen LogP contribution in [-0.4, -0.2) is 19.3 Å². The molecule has 254 valence electrons. The van der Waals surface area contributed by atoms with Crippen LogP contribution < -0.4 is 4.74 Å². The zero-order chi connectivity index (χ0) is 35.3. The SMILES string of the molecule is CCc1ccnc(-n2c3ccccc3c3ccc(Oc4cc(C(C)C)cc(-n5nc(C)c(-c6c(C(C)C)cccc6C(C)C)c5C)c4)cc32)c1. The molecule has 0 spiro atoms. The van der Waals surface area contributed by atoms with Crippen molar-refractivity contribution >= 4 is 21.8 Å². The molecule has 4 aromatic carbocycles. The molecule has 0 bridgehead atoms. The Balaban J connectivity index is 1.35. The molecular weight excluding hydrogens is 613 g/mol. The van der Waals surface area contributed by atoms with Crippen LogP contribution in [-0.2, 0) is 6.42 Å². The van der Waals surface area contributed by atoms with Crippen LogP contribution in [0.3, 0.4) is 0 Å². The number of hydrogen-bond donors (Lipinski definition) is 0. The number of ether oxygens (including phenoxy) is 1. The number of aryl methyl sites for hydroxylation is 2. The van der Waals surface area contributed by atoms with Gasteiger partial charge in [0, 0.05) is 40.4 Å². The number of pyridine rings is 1. The normalized spacial score (nSPS) is 11.9. The minimum Gasteiger partial charge on any atom is -0.457 e. The largest absolute Gasteiger partial charge is 0.457 e. The highest BCUT2D eigenvalue weighted by molar-refractivity contribution is 6.09. The van der Waals surface area contributed by atoms with Crippen LogP contribution in [0.5, 0.6) is 11.5 Å². The van der Waals surface area contributed by atoms with Gasteiger partial charge in [-0.3, -0.25) is 4.57 Å². The second-order valence-electron chi connectivity index (χ2n) is 14.5. The predicted octanol–water partition coefficient (Wildman–Crippen LogP) is 12.4. The summed E-state index contributed by atoms with van der Waals surface area (Å²) in [6.07, 6.45) is 2.86. The third kappa shape index (κ3) is 5.89. The summed E-state index contributed by atoms with van der Waals surface area (Å²) in [5, 5.41) is 7.55. The maximum absolute atomic E-state index is 6.76. The standard InChI is InChI=1S/C45H48N4O/c1-10-32-20-21-46-43(22-32)48-41-17-12-11-14-39(41)40-19-18-35(26-42(40)48)50-36-24-33(27(2)3)23-34(25-36)49-31(9)44(30(8)47-49)45-37(28(4)5)15-13-16-38(45)29(6)7/h11-29H,10H2,1-9H3. The third-order valence-electron chi connectivity index (χ3n) is 10.1. The lowest BCUT2D eigenvalue weighted by Crippen LogP contribution is -2.03. The van der Waals surface area contributed by atoms with Crippen LogP contribution in [0.4, 0.5) is 0 Å². The fourth-order valence-electron chi connectivity index (χ4n) is 7.42. The molecule has 50 heavy (non-hydrogen) atoms. The number of hydrogen-bond acceptors (Lipinski definition) is 3. The maximum atomic E-state index is 6.76. The molecule has 5 heteroatoms. The molecule has 0 N–H and O–H groups in total. The summed E-state index contributed by atoms with van der Waals surface area (Å²) in [6, 6.07) is 32.5. The summed E-state index contributed by atoms with van der Waals surface area (Å²) in [4.78, 5) is 4.80. The van der Waals surface area contributed by atoms with Crippen molar-refractivity contribution in [1.29, 1.82) is 0 Å². The second kappa shape index (κ2) is 13.3. The Labute approximate surface area is 296 Å². The van der Waals surface area contributed by atoms with Gasteiger partial charge in [-0.2, -0.15) is 5.10 Å². The van der Waals surface area contributed by atoms with Crippen molar-refractivity contribution in [2.24, 2.45) is 0 Å². The van der Waals surface area contributed by atoms with E-state index in [2.05, 4.69) is 163 Å². The number of rotatable bonds is 9. The minimum atomic E-state index is 0.310. The van der Waals surface area contributed by atoms with Crippen molar-refractivity contribution in [3.63, 3.8) is 0 Å². The molecule has 0 amide bonds. The van der Waals surface area contributed by atoms with Crippen molar-refractivity contribution in [3.8, 4) is 34.1 Å². The van der Waals surface area contributed by atoms with Gasteiger partial charge in [0.1, 0.15) is 17.3 Å². The van der Waals surface area contributed by atoms with Gasteiger partial charge in [0.25, 0.3) is 0 Å². The molecule has 0 saturated carbocycles. The summed E-state index contributed by atoms with van der Waals surface area (Å²) in [6.45, 7) is 20.1. The van der Waals surface area contributed by atoms with Crippen molar-refractivity contribution < 1.29 is 4.74 Å². The van der Waals surface area contributed by atoms with E-state index in [0.717, 1.165) is 51.8 Å². The van der Waals surface area contributed by atoms with Crippen molar-refractivity contribution in [2.45, 2.75) is 86.5 Å². The van der Waals surface area contributed by atoms with E-state index in [0.29, 0.717) is 17.8 Å². The molecule has 3 aromatic heterocycles. The summed E-state index contributed by atoms with van der Waals surface area (Å²) in [5.74, 6) is 3.59. The highest BCUT2D eigenvalue weighted by atomic mass is 16.5. The summed E-state index contributed by atoms with van der Waals surface area (Å²) < 4.78 is 11.1. The zero-order valence-electron chi connectivity index (χ0n) is 30.9. The lowest BCUT2D eigenvalue weighted by molar-refractivity contribution is 0.481. The topological polar surface area (TPSA) is 44.9 Å². The van der Waals surface area contributed by atoms with Gasteiger partial charge < -0.3 is 4.74 Å². The molecule has 0 fully saturated rings. The van der Waals surface area contributed by atoms with E-state index < -0.39 is 0 Å². The molecule has 0 aliphatic rings. The van der Waals surface area contributed by atoms with Crippen LogP contribution in [0.1, 0.15) is 99.9 Å². The monoisotopic (exact) mass is 660 g/mol. The van der Waals surface area contributed by atoms with Crippen LogP contribution in [0.15, 0.2) is 97.2 Å². The van der Waals surface area contributed by atoms with E-state index in [1.165, 1.54) is 44.2 Å². The molecule has 7 aromatic rings. The molecule has 5 nitrogen and oxygen atoms in total. The van der Waals surface area contributed by atoms with Gasteiger partial charge >= 0.3 is 0 Å². The quantitative estimate of drug-likeness (QED) is 0.155. The summed E-state index contributed by atoms with van der Waals surface area (Å²) in [7, 11) is 0. The van der Waals surface area contributed by atoms with E-state index in [-0.39, 0.29) is 0 Å². The molecule has 0 aliphatic carbocycles. The number of aromatic nitrogens is 4. The van der Waals surface area contributed by atoms with E-state index in [9.17, 15) is 0 Å². The molecular formula is C45H48N4O. The van der Waals surface area contributed by atoms with Gasteiger partial charge in [-0.05, 0) is 108 Å². The number of nitrogens with zero attached hydrogens (tertiary/aromatic N) is 4. The Kier molecular flexibility index (Phi) is 8.86. The van der Waals surface area contributed by atoms with Crippen LogP contribution >= 0.6 is 0 Å². The Morgan fingerprint density at radius 1 is 0.660 bits per heavy atom. The molecule has 0 aliphatic heterocycles. The molecule has 0 unspecified atom stereocenters.